The molecule has 0 spiro atoms. The molecule has 2 aromatic rings. The molecule has 0 unspecified atom stereocenters. The monoisotopic (exact) mass is 369 g/mol. The summed E-state index contributed by atoms with van der Waals surface area (Å²) in [6, 6.07) is 9.26. The average Bonchev–Trinajstić information content (AvgIpc) is 2.72. The minimum absolute atomic E-state index is 0.0405. The molecule has 1 amide bonds. The molecule has 6 heteroatoms. The molecule has 0 atom stereocenters. The number of piperidine rings is 1. The first-order valence-electron chi connectivity index (χ1n) is 9.45. The van der Waals surface area contributed by atoms with Crippen molar-refractivity contribution < 1.29 is 14.3 Å². The van der Waals surface area contributed by atoms with Gasteiger partial charge in [0.2, 0.25) is 5.91 Å². The number of amides is 1. The standard InChI is InChI=1S/C21H27N3O3/c1-26-19-4-3-18(14-20(19)27-15-17-8-12-23-13-9-17)24-21(25)5-2-16-6-10-22-11-7-16/h3-4,8-9,12-14,16,22H,2,5-7,10-11,15H2,1H3,(H,24,25). The SMILES string of the molecule is COc1ccc(NC(=O)CCC2CCNCC2)cc1OCc1ccncc1. The van der Waals surface area contributed by atoms with Gasteiger partial charge in [-0.05, 0) is 68.1 Å². The van der Waals surface area contributed by atoms with Gasteiger partial charge >= 0.3 is 0 Å². The summed E-state index contributed by atoms with van der Waals surface area (Å²) in [6.45, 7) is 2.53. The Morgan fingerprint density at radius 3 is 2.70 bits per heavy atom. The number of methoxy groups -OCH3 is 1. The summed E-state index contributed by atoms with van der Waals surface area (Å²) in [5.41, 5.74) is 1.74. The van der Waals surface area contributed by atoms with Crippen LogP contribution in [-0.4, -0.2) is 31.1 Å². The van der Waals surface area contributed by atoms with Crippen LogP contribution >= 0.6 is 0 Å². The molecule has 27 heavy (non-hydrogen) atoms. The lowest BCUT2D eigenvalue weighted by Gasteiger charge is -2.22. The predicted octanol–water partition coefficient (Wildman–Crippen LogP) is 3.39. The van der Waals surface area contributed by atoms with Gasteiger partial charge in [0.15, 0.2) is 11.5 Å². The van der Waals surface area contributed by atoms with E-state index in [1.165, 1.54) is 0 Å². The highest BCUT2D eigenvalue weighted by Crippen LogP contribution is 2.31. The second-order valence-electron chi connectivity index (χ2n) is 6.79. The number of pyridine rings is 1. The third kappa shape index (κ3) is 5.96. The van der Waals surface area contributed by atoms with E-state index in [4.69, 9.17) is 9.47 Å². The minimum Gasteiger partial charge on any atom is -0.493 e. The number of carbonyl (C=O) groups is 1. The number of hydrogen-bond acceptors (Lipinski definition) is 5. The number of rotatable bonds is 8. The molecule has 1 aliphatic rings. The van der Waals surface area contributed by atoms with Crippen molar-refractivity contribution in [2.45, 2.75) is 32.3 Å². The molecule has 0 aliphatic carbocycles. The van der Waals surface area contributed by atoms with E-state index in [0.29, 0.717) is 30.4 Å². The molecule has 3 rings (SSSR count). The van der Waals surface area contributed by atoms with E-state index in [1.54, 1.807) is 19.5 Å². The molecule has 0 bridgehead atoms. The van der Waals surface area contributed by atoms with E-state index in [1.807, 2.05) is 30.3 Å². The number of nitrogens with one attached hydrogen (secondary N) is 2. The first kappa shape index (κ1) is 19.2. The molecule has 0 saturated carbocycles. The molecule has 1 aliphatic heterocycles. The molecule has 2 N–H and O–H groups in total. The smallest absolute Gasteiger partial charge is 0.224 e. The zero-order chi connectivity index (χ0) is 18.9. The Bertz CT molecular complexity index is 731. The van der Waals surface area contributed by atoms with Crippen LogP contribution in [0, 0.1) is 5.92 Å². The molecule has 1 saturated heterocycles. The van der Waals surface area contributed by atoms with Crippen LogP contribution in [-0.2, 0) is 11.4 Å². The maximum Gasteiger partial charge on any atom is 0.224 e. The van der Waals surface area contributed by atoms with Crippen molar-refractivity contribution in [3.63, 3.8) is 0 Å². The van der Waals surface area contributed by atoms with Crippen LogP contribution in [0.15, 0.2) is 42.7 Å². The first-order valence-corrected chi connectivity index (χ1v) is 9.45. The summed E-state index contributed by atoms with van der Waals surface area (Å²) >= 11 is 0. The van der Waals surface area contributed by atoms with Gasteiger partial charge in [0.25, 0.3) is 0 Å². The van der Waals surface area contributed by atoms with Crippen LogP contribution in [0.25, 0.3) is 0 Å². The summed E-state index contributed by atoms with van der Waals surface area (Å²) in [7, 11) is 1.60. The molecule has 1 aromatic carbocycles. The van der Waals surface area contributed by atoms with Gasteiger partial charge < -0.3 is 20.1 Å². The Kier molecular flexibility index (Phi) is 7.04. The molecule has 2 heterocycles. The highest BCUT2D eigenvalue weighted by Gasteiger charge is 2.15. The number of aromatic nitrogens is 1. The first-order chi connectivity index (χ1) is 13.2. The van der Waals surface area contributed by atoms with E-state index in [-0.39, 0.29) is 5.91 Å². The fraction of sp³-hybridized carbons (Fsp3) is 0.429. The number of anilines is 1. The highest BCUT2D eigenvalue weighted by molar-refractivity contribution is 5.91. The largest absolute Gasteiger partial charge is 0.493 e. The molecule has 0 radical (unpaired) electrons. The zero-order valence-corrected chi connectivity index (χ0v) is 15.7. The second kappa shape index (κ2) is 9.92. The number of hydrogen-bond donors (Lipinski definition) is 2. The van der Waals surface area contributed by atoms with Gasteiger partial charge in [-0.25, -0.2) is 0 Å². The molecular weight excluding hydrogens is 342 g/mol. The Hall–Kier alpha value is -2.60. The molecular formula is C21H27N3O3. The van der Waals surface area contributed by atoms with Crippen LogP contribution in [0.5, 0.6) is 11.5 Å². The Labute approximate surface area is 160 Å². The third-order valence-corrected chi connectivity index (χ3v) is 4.83. The summed E-state index contributed by atoms with van der Waals surface area (Å²) in [5.74, 6) is 1.92. The van der Waals surface area contributed by atoms with Gasteiger partial charge in [-0.1, -0.05) is 0 Å². The van der Waals surface area contributed by atoms with E-state index in [9.17, 15) is 4.79 Å². The lowest BCUT2D eigenvalue weighted by Crippen LogP contribution is -2.28. The Balaban J connectivity index is 1.55. The summed E-state index contributed by atoms with van der Waals surface area (Å²) in [5, 5.41) is 6.32. The number of carbonyl (C=O) groups excluding carboxylic acids is 1. The molecule has 1 fully saturated rings. The third-order valence-electron chi connectivity index (χ3n) is 4.83. The van der Waals surface area contributed by atoms with Crippen LogP contribution in [0.4, 0.5) is 5.69 Å². The van der Waals surface area contributed by atoms with Gasteiger partial charge in [0.05, 0.1) is 7.11 Å². The van der Waals surface area contributed by atoms with E-state index < -0.39 is 0 Å². The van der Waals surface area contributed by atoms with Crippen molar-refractivity contribution in [1.82, 2.24) is 10.3 Å². The van der Waals surface area contributed by atoms with Crippen molar-refractivity contribution in [2.75, 3.05) is 25.5 Å². The maximum absolute atomic E-state index is 12.3. The normalized spacial score (nSPS) is 14.6. The summed E-state index contributed by atoms with van der Waals surface area (Å²) in [4.78, 5) is 16.3. The molecule has 1 aromatic heterocycles. The van der Waals surface area contributed by atoms with E-state index in [2.05, 4.69) is 15.6 Å². The summed E-state index contributed by atoms with van der Waals surface area (Å²) < 4.78 is 11.2. The Morgan fingerprint density at radius 1 is 1.19 bits per heavy atom. The van der Waals surface area contributed by atoms with E-state index >= 15 is 0 Å². The highest BCUT2D eigenvalue weighted by atomic mass is 16.5. The predicted molar refractivity (Wildman–Crippen MR) is 105 cm³/mol. The van der Waals surface area contributed by atoms with Crippen molar-refractivity contribution in [1.29, 1.82) is 0 Å². The maximum atomic E-state index is 12.3. The fourth-order valence-electron chi connectivity index (χ4n) is 3.24. The summed E-state index contributed by atoms with van der Waals surface area (Å²) in [6.07, 6.45) is 7.26. The van der Waals surface area contributed by atoms with Gasteiger partial charge in [0.1, 0.15) is 6.61 Å². The van der Waals surface area contributed by atoms with Crippen molar-refractivity contribution in [3.05, 3.63) is 48.3 Å². The Morgan fingerprint density at radius 2 is 1.96 bits per heavy atom. The van der Waals surface area contributed by atoms with Gasteiger partial charge in [-0.2, -0.15) is 0 Å². The average molecular weight is 369 g/mol. The lowest BCUT2D eigenvalue weighted by atomic mass is 9.93. The lowest BCUT2D eigenvalue weighted by molar-refractivity contribution is -0.116. The van der Waals surface area contributed by atoms with Crippen molar-refractivity contribution in [2.24, 2.45) is 5.92 Å². The van der Waals surface area contributed by atoms with Crippen LogP contribution in [0.1, 0.15) is 31.2 Å². The van der Waals surface area contributed by atoms with Gasteiger partial charge in [-0.15, -0.1) is 0 Å². The number of ether oxygens (including phenoxy) is 2. The zero-order valence-electron chi connectivity index (χ0n) is 15.7. The van der Waals surface area contributed by atoms with Crippen molar-refractivity contribution >= 4 is 11.6 Å². The second-order valence-corrected chi connectivity index (χ2v) is 6.79. The van der Waals surface area contributed by atoms with Gasteiger partial charge in [-0.3, -0.25) is 9.78 Å². The fourth-order valence-corrected chi connectivity index (χ4v) is 3.24. The van der Waals surface area contributed by atoms with Crippen LogP contribution in [0.2, 0.25) is 0 Å². The molecule has 144 valence electrons. The molecule has 6 nitrogen and oxygen atoms in total. The van der Waals surface area contributed by atoms with Crippen molar-refractivity contribution in [3.8, 4) is 11.5 Å². The minimum atomic E-state index is 0.0405. The number of benzene rings is 1. The van der Waals surface area contributed by atoms with Gasteiger partial charge in [0, 0.05) is 30.6 Å². The number of nitrogens with zero attached hydrogens (tertiary/aromatic N) is 1. The quantitative estimate of drug-likeness (QED) is 0.746. The van der Waals surface area contributed by atoms with E-state index in [0.717, 1.165) is 43.6 Å². The van der Waals surface area contributed by atoms with Crippen LogP contribution < -0.4 is 20.1 Å². The van der Waals surface area contributed by atoms with Crippen LogP contribution in [0.3, 0.4) is 0 Å². The topological polar surface area (TPSA) is 72.5 Å².